The monoisotopic (exact) mass is 535 g/mol. The molecule has 0 aromatic heterocycles. The Labute approximate surface area is 228 Å². The van der Waals surface area contributed by atoms with E-state index in [1.807, 2.05) is 51.1 Å². The van der Waals surface area contributed by atoms with Crippen LogP contribution in [0, 0.1) is 17.8 Å². The van der Waals surface area contributed by atoms with Gasteiger partial charge in [-0.3, -0.25) is 14.4 Å². The highest BCUT2D eigenvalue weighted by Gasteiger charge is 2.78. The molecule has 2 bridgehead atoms. The van der Waals surface area contributed by atoms with Crippen molar-refractivity contribution in [1.29, 1.82) is 0 Å². The molecule has 3 heterocycles. The molecule has 3 aliphatic heterocycles. The standard InChI is InChI=1S/C30H37N3O6/c1-18(2)22(17-34)33-25(27(36)32-20-10-12-21(38-4)13-11-20)30-15-14-29(3,39-30)23(24(30)28(33)37)26(35)31-16-19-8-6-5-7-9-19/h5-13,18,22-25,34H,14-17H2,1-4H3,(H,31,35)(H,32,36)/t22-,23+,24-,25?,29-,30?/m0/s1. The maximum absolute atomic E-state index is 14.2. The summed E-state index contributed by atoms with van der Waals surface area (Å²) >= 11 is 0. The predicted octanol–water partition coefficient (Wildman–Crippen LogP) is 2.73. The van der Waals surface area contributed by atoms with Crippen LogP contribution in [-0.2, 0) is 25.7 Å². The zero-order valence-electron chi connectivity index (χ0n) is 22.8. The summed E-state index contributed by atoms with van der Waals surface area (Å²) in [5, 5.41) is 16.3. The van der Waals surface area contributed by atoms with Crippen LogP contribution in [-0.4, -0.2) is 64.7 Å². The van der Waals surface area contributed by atoms with Gasteiger partial charge in [-0.05, 0) is 55.5 Å². The Morgan fingerprint density at radius 3 is 2.41 bits per heavy atom. The van der Waals surface area contributed by atoms with Gasteiger partial charge in [-0.15, -0.1) is 0 Å². The molecule has 3 N–H and O–H groups in total. The first-order valence-electron chi connectivity index (χ1n) is 13.5. The van der Waals surface area contributed by atoms with Gasteiger partial charge in [0.15, 0.2) is 0 Å². The molecule has 39 heavy (non-hydrogen) atoms. The van der Waals surface area contributed by atoms with E-state index in [1.54, 1.807) is 31.4 Å². The lowest BCUT2D eigenvalue weighted by atomic mass is 9.66. The Morgan fingerprint density at radius 2 is 1.79 bits per heavy atom. The topological polar surface area (TPSA) is 117 Å². The Morgan fingerprint density at radius 1 is 1.10 bits per heavy atom. The first-order chi connectivity index (χ1) is 18.6. The number of benzene rings is 2. The van der Waals surface area contributed by atoms with E-state index in [0.717, 1.165) is 5.56 Å². The first kappa shape index (κ1) is 27.1. The second-order valence-corrected chi connectivity index (χ2v) is 11.4. The minimum Gasteiger partial charge on any atom is -0.497 e. The van der Waals surface area contributed by atoms with Crippen molar-refractivity contribution in [2.75, 3.05) is 19.0 Å². The van der Waals surface area contributed by atoms with E-state index in [9.17, 15) is 19.5 Å². The minimum absolute atomic E-state index is 0.122. The first-order valence-corrected chi connectivity index (χ1v) is 13.5. The highest BCUT2D eigenvalue weighted by molar-refractivity contribution is 6.04. The summed E-state index contributed by atoms with van der Waals surface area (Å²) in [6, 6.07) is 14.9. The van der Waals surface area contributed by atoms with Gasteiger partial charge in [-0.2, -0.15) is 0 Å². The van der Waals surface area contributed by atoms with Crippen molar-refractivity contribution < 1.29 is 29.0 Å². The molecule has 3 saturated heterocycles. The number of rotatable bonds is 9. The Kier molecular flexibility index (Phi) is 7.15. The molecule has 1 spiro atoms. The maximum atomic E-state index is 14.2. The fourth-order valence-electron chi connectivity index (χ4n) is 6.82. The third-order valence-corrected chi connectivity index (χ3v) is 8.73. The van der Waals surface area contributed by atoms with Crippen LogP contribution in [0.2, 0.25) is 0 Å². The number of anilines is 1. The number of hydrogen-bond acceptors (Lipinski definition) is 6. The van der Waals surface area contributed by atoms with Crippen molar-refractivity contribution in [2.45, 2.75) is 63.4 Å². The predicted molar refractivity (Wildman–Crippen MR) is 145 cm³/mol. The molecule has 3 aliphatic rings. The van der Waals surface area contributed by atoms with Gasteiger partial charge in [-0.1, -0.05) is 44.2 Å². The van der Waals surface area contributed by atoms with Crippen LogP contribution >= 0.6 is 0 Å². The van der Waals surface area contributed by atoms with Crippen LogP contribution in [0.4, 0.5) is 5.69 Å². The normalized spacial score (nSPS) is 29.8. The van der Waals surface area contributed by atoms with E-state index in [0.29, 0.717) is 30.8 Å². The summed E-state index contributed by atoms with van der Waals surface area (Å²) in [5.41, 5.74) is -0.544. The molecular weight excluding hydrogens is 498 g/mol. The Bertz CT molecular complexity index is 1240. The number of nitrogens with one attached hydrogen (secondary N) is 2. The van der Waals surface area contributed by atoms with Gasteiger partial charge in [0, 0.05) is 12.2 Å². The number of methoxy groups -OCH3 is 1. The summed E-state index contributed by atoms with van der Waals surface area (Å²) in [6.07, 6.45) is 1.02. The molecule has 9 heteroatoms. The second-order valence-electron chi connectivity index (χ2n) is 11.4. The van der Waals surface area contributed by atoms with Crippen LogP contribution in [0.25, 0.3) is 0 Å². The number of carbonyl (C=O) groups is 3. The van der Waals surface area contributed by atoms with Crippen molar-refractivity contribution in [3.05, 3.63) is 60.2 Å². The molecule has 6 atom stereocenters. The number of amides is 3. The number of likely N-dealkylation sites (tertiary alicyclic amines) is 1. The maximum Gasteiger partial charge on any atom is 0.250 e. The highest BCUT2D eigenvalue weighted by atomic mass is 16.5. The highest BCUT2D eigenvalue weighted by Crippen LogP contribution is 2.63. The number of carbonyl (C=O) groups excluding carboxylic acids is 3. The lowest BCUT2D eigenvalue weighted by Gasteiger charge is -2.38. The molecule has 2 unspecified atom stereocenters. The van der Waals surface area contributed by atoms with Crippen LogP contribution < -0.4 is 15.4 Å². The molecule has 3 fully saturated rings. The van der Waals surface area contributed by atoms with Gasteiger partial charge in [0.05, 0.1) is 37.2 Å². The van der Waals surface area contributed by atoms with Gasteiger partial charge >= 0.3 is 0 Å². The molecule has 9 nitrogen and oxygen atoms in total. The lowest BCUT2D eigenvalue weighted by Crippen LogP contribution is -2.57. The molecule has 0 radical (unpaired) electrons. The van der Waals surface area contributed by atoms with Crippen LogP contribution in [0.5, 0.6) is 5.75 Å². The van der Waals surface area contributed by atoms with Crippen molar-refractivity contribution in [3.63, 3.8) is 0 Å². The van der Waals surface area contributed by atoms with E-state index in [4.69, 9.17) is 9.47 Å². The number of ether oxygens (including phenoxy) is 2. The minimum atomic E-state index is -1.17. The Balaban J connectivity index is 1.49. The summed E-state index contributed by atoms with van der Waals surface area (Å²) in [7, 11) is 1.57. The third kappa shape index (κ3) is 4.47. The van der Waals surface area contributed by atoms with E-state index in [1.165, 1.54) is 4.90 Å². The molecule has 3 amide bonds. The average molecular weight is 536 g/mol. The van der Waals surface area contributed by atoms with Crippen molar-refractivity contribution in [1.82, 2.24) is 10.2 Å². The number of nitrogens with zero attached hydrogens (tertiary/aromatic N) is 1. The number of aliphatic hydroxyl groups is 1. The van der Waals surface area contributed by atoms with Crippen molar-refractivity contribution in [2.24, 2.45) is 17.8 Å². The number of aliphatic hydroxyl groups excluding tert-OH is 1. The van der Waals surface area contributed by atoms with Crippen LogP contribution in [0.3, 0.4) is 0 Å². The van der Waals surface area contributed by atoms with Crippen LogP contribution in [0.15, 0.2) is 54.6 Å². The van der Waals surface area contributed by atoms with Crippen molar-refractivity contribution in [3.8, 4) is 5.75 Å². The molecule has 0 saturated carbocycles. The molecular formula is C30H37N3O6. The quantitative estimate of drug-likeness (QED) is 0.455. The van der Waals surface area contributed by atoms with E-state index in [-0.39, 0.29) is 24.3 Å². The smallest absolute Gasteiger partial charge is 0.250 e. The number of fused-ring (bicyclic) bond motifs is 1. The molecule has 0 aliphatic carbocycles. The summed E-state index contributed by atoms with van der Waals surface area (Å²) in [4.78, 5) is 43.4. The second kappa shape index (κ2) is 10.3. The van der Waals surface area contributed by atoms with Gasteiger partial charge < -0.3 is 30.1 Å². The van der Waals surface area contributed by atoms with E-state index >= 15 is 0 Å². The zero-order valence-corrected chi connectivity index (χ0v) is 22.8. The lowest BCUT2D eigenvalue weighted by molar-refractivity contribution is -0.149. The van der Waals surface area contributed by atoms with Gasteiger partial charge in [0.1, 0.15) is 17.4 Å². The van der Waals surface area contributed by atoms with Gasteiger partial charge in [0.25, 0.3) is 0 Å². The molecule has 5 rings (SSSR count). The summed E-state index contributed by atoms with van der Waals surface area (Å²) in [6.45, 7) is 5.70. The summed E-state index contributed by atoms with van der Waals surface area (Å²) in [5.74, 6) is -2.03. The summed E-state index contributed by atoms with van der Waals surface area (Å²) < 4.78 is 11.9. The molecule has 208 valence electrons. The fourth-order valence-corrected chi connectivity index (χ4v) is 6.82. The fraction of sp³-hybridized carbons (Fsp3) is 0.500. The third-order valence-electron chi connectivity index (χ3n) is 8.73. The Hall–Kier alpha value is -3.43. The van der Waals surface area contributed by atoms with Gasteiger partial charge in [-0.25, -0.2) is 0 Å². The van der Waals surface area contributed by atoms with E-state index in [2.05, 4.69) is 10.6 Å². The molecule has 2 aromatic rings. The largest absolute Gasteiger partial charge is 0.497 e. The SMILES string of the molecule is COc1ccc(NC(=O)C2N([C@@H](CO)C(C)C)C(=O)[C@@H]3[C@H](C(=O)NCc4ccccc4)[C@]4(C)CCC23O4)cc1. The van der Waals surface area contributed by atoms with Crippen molar-refractivity contribution >= 4 is 23.4 Å². The zero-order chi connectivity index (χ0) is 27.9. The molecule has 2 aromatic carbocycles. The van der Waals surface area contributed by atoms with Gasteiger partial charge in [0.2, 0.25) is 17.7 Å². The van der Waals surface area contributed by atoms with E-state index < -0.39 is 41.0 Å². The van der Waals surface area contributed by atoms with Crippen LogP contribution in [0.1, 0.15) is 39.2 Å². The average Bonchev–Trinajstić information content (AvgIpc) is 3.49. The number of hydrogen-bond donors (Lipinski definition) is 3.